The van der Waals surface area contributed by atoms with Gasteiger partial charge in [-0.15, -0.1) is 0 Å². The normalized spacial score (nSPS) is 11.8. The lowest BCUT2D eigenvalue weighted by Gasteiger charge is -2.09. The summed E-state index contributed by atoms with van der Waals surface area (Å²) < 4.78 is 15.8. The molecule has 0 fully saturated rings. The minimum Gasteiger partial charge on any atom is -0.497 e. The van der Waals surface area contributed by atoms with Crippen molar-refractivity contribution < 1.29 is 19.0 Å². The Bertz CT molecular complexity index is 1030. The number of anilines is 2. The number of rotatable bonds is 7. The van der Waals surface area contributed by atoms with E-state index in [2.05, 4.69) is 20.6 Å². The molecule has 0 bridgehead atoms. The first-order valence-corrected chi connectivity index (χ1v) is 9.11. The molecule has 148 valence electrons. The van der Waals surface area contributed by atoms with Crippen molar-refractivity contribution in [2.45, 2.75) is 6.42 Å². The molecule has 8 nitrogen and oxygen atoms in total. The molecule has 0 atom stereocenters. The molecule has 1 aliphatic heterocycles. The van der Waals surface area contributed by atoms with Gasteiger partial charge in [-0.1, -0.05) is 12.1 Å². The molecule has 0 saturated carbocycles. The highest BCUT2D eigenvalue weighted by atomic mass is 16.7. The number of carbonyl (C=O) groups is 1. The van der Waals surface area contributed by atoms with Crippen LogP contribution in [0.1, 0.15) is 16.1 Å². The van der Waals surface area contributed by atoms with Gasteiger partial charge in [0.25, 0.3) is 5.91 Å². The van der Waals surface area contributed by atoms with E-state index in [0.29, 0.717) is 29.5 Å². The number of ether oxygens (including phenoxy) is 3. The van der Waals surface area contributed by atoms with E-state index in [1.54, 1.807) is 31.4 Å². The van der Waals surface area contributed by atoms with Crippen LogP contribution in [0.25, 0.3) is 0 Å². The van der Waals surface area contributed by atoms with Crippen LogP contribution in [0.3, 0.4) is 0 Å². The summed E-state index contributed by atoms with van der Waals surface area (Å²) in [7, 11) is 1.65. The molecule has 1 aliphatic rings. The van der Waals surface area contributed by atoms with E-state index in [4.69, 9.17) is 14.2 Å². The van der Waals surface area contributed by atoms with E-state index in [1.165, 1.54) is 6.33 Å². The second-order valence-corrected chi connectivity index (χ2v) is 6.34. The summed E-state index contributed by atoms with van der Waals surface area (Å²) in [6.07, 6.45) is 2.16. The Morgan fingerprint density at radius 3 is 2.90 bits per heavy atom. The summed E-state index contributed by atoms with van der Waals surface area (Å²) >= 11 is 0. The van der Waals surface area contributed by atoms with Gasteiger partial charge in [-0.3, -0.25) is 4.79 Å². The standard InChI is InChI=1S/C21H20N4O4/c1-27-16-4-2-3-14(9-16)7-8-22-20-11-17(23-12-24-20)21(26)25-15-5-6-18-19(10-15)29-13-28-18/h2-6,9-12H,7-8,13H2,1H3,(H,25,26)(H,22,23,24). The molecule has 1 aromatic heterocycles. The number of carbonyl (C=O) groups excluding carboxylic acids is 1. The predicted molar refractivity (Wildman–Crippen MR) is 108 cm³/mol. The highest BCUT2D eigenvalue weighted by Crippen LogP contribution is 2.34. The van der Waals surface area contributed by atoms with Crippen LogP contribution in [-0.2, 0) is 6.42 Å². The Balaban J connectivity index is 1.35. The number of methoxy groups -OCH3 is 1. The first-order valence-electron chi connectivity index (χ1n) is 9.11. The first kappa shape index (κ1) is 18.5. The lowest BCUT2D eigenvalue weighted by atomic mass is 10.1. The van der Waals surface area contributed by atoms with Crippen LogP contribution >= 0.6 is 0 Å². The van der Waals surface area contributed by atoms with Crippen LogP contribution in [0.15, 0.2) is 54.9 Å². The molecule has 0 saturated heterocycles. The van der Waals surface area contributed by atoms with Crippen LogP contribution in [0.4, 0.5) is 11.5 Å². The van der Waals surface area contributed by atoms with Crippen molar-refractivity contribution in [3.8, 4) is 17.2 Å². The van der Waals surface area contributed by atoms with Gasteiger partial charge in [0.05, 0.1) is 7.11 Å². The molecular formula is C21H20N4O4. The second-order valence-electron chi connectivity index (χ2n) is 6.34. The zero-order chi connectivity index (χ0) is 20.1. The Kier molecular flexibility index (Phi) is 5.42. The molecule has 2 aromatic carbocycles. The third kappa shape index (κ3) is 4.55. The minimum atomic E-state index is -0.331. The zero-order valence-electron chi connectivity index (χ0n) is 15.8. The molecule has 1 amide bonds. The van der Waals surface area contributed by atoms with E-state index in [1.807, 2.05) is 24.3 Å². The van der Waals surface area contributed by atoms with Crippen LogP contribution in [0.5, 0.6) is 17.2 Å². The van der Waals surface area contributed by atoms with Crippen molar-refractivity contribution in [1.82, 2.24) is 9.97 Å². The highest BCUT2D eigenvalue weighted by molar-refractivity contribution is 6.03. The third-order valence-electron chi connectivity index (χ3n) is 4.38. The number of nitrogens with one attached hydrogen (secondary N) is 2. The van der Waals surface area contributed by atoms with Crippen LogP contribution < -0.4 is 24.8 Å². The number of aromatic nitrogens is 2. The fourth-order valence-electron chi connectivity index (χ4n) is 2.91. The minimum absolute atomic E-state index is 0.184. The molecule has 0 spiro atoms. The molecule has 3 aromatic rings. The average Bonchev–Trinajstić information content (AvgIpc) is 3.22. The summed E-state index contributed by atoms with van der Waals surface area (Å²) in [5.74, 6) is 2.34. The lowest BCUT2D eigenvalue weighted by molar-refractivity contribution is 0.102. The van der Waals surface area contributed by atoms with Crippen molar-refractivity contribution in [3.05, 3.63) is 66.1 Å². The van der Waals surface area contributed by atoms with Gasteiger partial charge in [0.15, 0.2) is 11.5 Å². The summed E-state index contributed by atoms with van der Waals surface area (Å²) in [6.45, 7) is 0.844. The molecule has 2 heterocycles. The number of hydrogen-bond donors (Lipinski definition) is 2. The highest BCUT2D eigenvalue weighted by Gasteiger charge is 2.15. The Morgan fingerprint density at radius 2 is 2.00 bits per heavy atom. The van der Waals surface area contributed by atoms with E-state index >= 15 is 0 Å². The quantitative estimate of drug-likeness (QED) is 0.638. The van der Waals surface area contributed by atoms with E-state index in [-0.39, 0.29) is 18.4 Å². The molecule has 8 heteroatoms. The Hall–Kier alpha value is -3.81. The largest absolute Gasteiger partial charge is 0.497 e. The number of hydrogen-bond acceptors (Lipinski definition) is 7. The van der Waals surface area contributed by atoms with Gasteiger partial charge in [0, 0.05) is 24.4 Å². The second kappa shape index (κ2) is 8.47. The summed E-state index contributed by atoms with van der Waals surface area (Å²) in [4.78, 5) is 20.8. The Labute approximate surface area is 167 Å². The molecule has 0 radical (unpaired) electrons. The monoisotopic (exact) mass is 392 g/mol. The van der Waals surface area contributed by atoms with Crippen molar-refractivity contribution in [2.75, 3.05) is 31.1 Å². The van der Waals surface area contributed by atoms with Gasteiger partial charge in [0.1, 0.15) is 23.6 Å². The number of amides is 1. The molecular weight excluding hydrogens is 372 g/mol. The summed E-state index contributed by atoms with van der Waals surface area (Å²) in [5, 5.41) is 6.02. The summed E-state index contributed by atoms with van der Waals surface area (Å²) in [6, 6.07) is 14.7. The lowest BCUT2D eigenvalue weighted by Crippen LogP contribution is -2.15. The summed E-state index contributed by atoms with van der Waals surface area (Å²) in [5.41, 5.74) is 2.01. The van der Waals surface area contributed by atoms with Gasteiger partial charge in [-0.05, 0) is 36.2 Å². The van der Waals surface area contributed by atoms with Crippen molar-refractivity contribution in [1.29, 1.82) is 0 Å². The number of benzene rings is 2. The van der Waals surface area contributed by atoms with Crippen molar-refractivity contribution >= 4 is 17.4 Å². The van der Waals surface area contributed by atoms with Gasteiger partial charge < -0.3 is 24.8 Å². The maximum absolute atomic E-state index is 12.5. The number of nitrogens with zero attached hydrogens (tertiary/aromatic N) is 2. The molecule has 4 rings (SSSR count). The molecule has 0 aliphatic carbocycles. The fraction of sp³-hybridized carbons (Fsp3) is 0.190. The van der Waals surface area contributed by atoms with Gasteiger partial charge >= 0.3 is 0 Å². The maximum atomic E-state index is 12.5. The van der Waals surface area contributed by atoms with E-state index < -0.39 is 0 Å². The van der Waals surface area contributed by atoms with Crippen LogP contribution in [0.2, 0.25) is 0 Å². The fourth-order valence-corrected chi connectivity index (χ4v) is 2.91. The first-order chi connectivity index (χ1) is 14.2. The predicted octanol–water partition coefficient (Wildman–Crippen LogP) is 3.12. The zero-order valence-corrected chi connectivity index (χ0v) is 15.8. The molecule has 29 heavy (non-hydrogen) atoms. The van der Waals surface area contributed by atoms with Gasteiger partial charge in [0.2, 0.25) is 6.79 Å². The Morgan fingerprint density at radius 1 is 1.10 bits per heavy atom. The topological polar surface area (TPSA) is 94.6 Å². The van der Waals surface area contributed by atoms with E-state index in [0.717, 1.165) is 17.7 Å². The van der Waals surface area contributed by atoms with Crippen molar-refractivity contribution in [3.63, 3.8) is 0 Å². The smallest absolute Gasteiger partial charge is 0.274 e. The molecule has 0 unspecified atom stereocenters. The average molecular weight is 392 g/mol. The third-order valence-corrected chi connectivity index (χ3v) is 4.38. The van der Waals surface area contributed by atoms with Crippen molar-refractivity contribution in [2.24, 2.45) is 0 Å². The van der Waals surface area contributed by atoms with Crippen LogP contribution in [-0.4, -0.2) is 36.3 Å². The van der Waals surface area contributed by atoms with Gasteiger partial charge in [-0.25, -0.2) is 9.97 Å². The van der Waals surface area contributed by atoms with E-state index in [9.17, 15) is 4.79 Å². The maximum Gasteiger partial charge on any atom is 0.274 e. The molecule has 2 N–H and O–H groups in total. The van der Waals surface area contributed by atoms with Gasteiger partial charge in [-0.2, -0.15) is 0 Å². The number of fused-ring (bicyclic) bond motifs is 1. The SMILES string of the molecule is COc1cccc(CCNc2cc(C(=O)Nc3ccc4c(c3)OCO4)ncn2)c1. The van der Waals surface area contributed by atoms with Crippen LogP contribution in [0, 0.1) is 0 Å².